The molecule has 4 nitrogen and oxygen atoms in total. The summed E-state index contributed by atoms with van der Waals surface area (Å²) >= 11 is 0. The zero-order valence-corrected chi connectivity index (χ0v) is 12.1. The largest absolute Gasteiger partial charge is 0.481 e. The molecule has 0 aromatic rings. The summed E-state index contributed by atoms with van der Waals surface area (Å²) in [6.45, 7) is 4.41. The van der Waals surface area contributed by atoms with Gasteiger partial charge in [0.2, 0.25) is 0 Å². The van der Waals surface area contributed by atoms with Crippen molar-refractivity contribution in [2.75, 3.05) is 0 Å². The van der Waals surface area contributed by atoms with E-state index in [1.165, 1.54) is 6.42 Å². The molecule has 0 aliphatic heterocycles. The second kappa shape index (κ2) is 8.18. The molecule has 0 aromatic carbocycles. The summed E-state index contributed by atoms with van der Waals surface area (Å²) in [7, 11) is 0. The minimum atomic E-state index is -0.947. The molecule has 4 heteroatoms. The van der Waals surface area contributed by atoms with Gasteiger partial charge in [0.15, 0.2) is 0 Å². The maximum absolute atomic E-state index is 11.6. The fourth-order valence-electron chi connectivity index (χ4n) is 2.64. The quantitative estimate of drug-likeness (QED) is 0.720. The summed E-state index contributed by atoms with van der Waals surface area (Å²) < 4.78 is 5.48. The molecule has 0 heterocycles. The molecule has 1 fully saturated rings. The molecule has 110 valence electrons. The van der Waals surface area contributed by atoms with Gasteiger partial charge in [-0.15, -0.1) is 0 Å². The number of hydrogen-bond donors (Lipinski definition) is 1. The van der Waals surface area contributed by atoms with Crippen LogP contribution in [0.3, 0.4) is 0 Å². The lowest BCUT2D eigenvalue weighted by atomic mass is 9.82. The van der Waals surface area contributed by atoms with E-state index in [-0.39, 0.29) is 24.9 Å². The van der Waals surface area contributed by atoms with Crippen molar-refractivity contribution < 1.29 is 19.4 Å². The Morgan fingerprint density at radius 1 is 1.21 bits per heavy atom. The highest BCUT2D eigenvalue weighted by Crippen LogP contribution is 2.31. The molecule has 0 bridgehead atoms. The molecule has 1 saturated carbocycles. The van der Waals surface area contributed by atoms with Gasteiger partial charge in [-0.05, 0) is 37.5 Å². The summed E-state index contributed by atoms with van der Waals surface area (Å²) in [6.07, 6.45) is 6.51. The monoisotopic (exact) mass is 270 g/mol. The Balaban J connectivity index is 2.38. The van der Waals surface area contributed by atoms with Gasteiger partial charge in [-0.1, -0.05) is 26.7 Å². The topological polar surface area (TPSA) is 63.6 Å². The van der Waals surface area contributed by atoms with E-state index < -0.39 is 5.97 Å². The number of rotatable bonds is 7. The summed E-state index contributed by atoms with van der Waals surface area (Å²) in [4.78, 5) is 22.0. The Morgan fingerprint density at radius 2 is 1.89 bits per heavy atom. The van der Waals surface area contributed by atoms with E-state index in [1.54, 1.807) is 0 Å². The molecule has 2 atom stereocenters. The minimum absolute atomic E-state index is 0.00814. The van der Waals surface area contributed by atoms with Crippen LogP contribution in [0.5, 0.6) is 0 Å². The van der Waals surface area contributed by atoms with Crippen LogP contribution in [-0.2, 0) is 14.3 Å². The first-order valence-corrected chi connectivity index (χ1v) is 7.40. The maximum atomic E-state index is 11.6. The number of carboxylic acids is 1. The van der Waals surface area contributed by atoms with Gasteiger partial charge in [0.05, 0.1) is 12.8 Å². The van der Waals surface area contributed by atoms with Crippen LogP contribution in [0, 0.1) is 11.8 Å². The van der Waals surface area contributed by atoms with Gasteiger partial charge in [0, 0.05) is 0 Å². The van der Waals surface area contributed by atoms with E-state index in [0.29, 0.717) is 11.8 Å². The van der Waals surface area contributed by atoms with Crippen LogP contribution < -0.4 is 0 Å². The van der Waals surface area contributed by atoms with Crippen molar-refractivity contribution in [1.82, 2.24) is 0 Å². The van der Waals surface area contributed by atoms with Crippen LogP contribution in [0.1, 0.15) is 65.2 Å². The van der Waals surface area contributed by atoms with Crippen molar-refractivity contribution in [3.05, 3.63) is 0 Å². The lowest BCUT2D eigenvalue weighted by Gasteiger charge is -2.31. The predicted octanol–water partition coefficient (Wildman–Crippen LogP) is 3.39. The minimum Gasteiger partial charge on any atom is -0.481 e. The third kappa shape index (κ3) is 6.60. The van der Waals surface area contributed by atoms with E-state index >= 15 is 0 Å². The first-order valence-electron chi connectivity index (χ1n) is 7.40. The first-order chi connectivity index (χ1) is 8.99. The Hall–Kier alpha value is -1.06. The lowest BCUT2D eigenvalue weighted by Crippen LogP contribution is -2.30. The second-order valence-electron chi connectivity index (χ2n) is 5.94. The van der Waals surface area contributed by atoms with E-state index in [2.05, 4.69) is 13.8 Å². The van der Waals surface area contributed by atoms with Crippen LogP contribution in [0.25, 0.3) is 0 Å². The SMILES string of the molecule is CC(C)CCC1CCCCC1OC(=O)CCC(=O)O. The van der Waals surface area contributed by atoms with E-state index in [9.17, 15) is 9.59 Å². The standard InChI is InChI=1S/C15H26O4/c1-11(2)7-8-12-5-3-4-6-13(12)19-15(18)10-9-14(16)17/h11-13H,3-10H2,1-2H3,(H,16,17). The number of esters is 1. The van der Waals surface area contributed by atoms with Gasteiger partial charge >= 0.3 is 11.9 Å². The van der Waals surface area contributed by atoms with Crippen LogP contribution in [0.15, 0.2) is 0 Å². The average molecular weight is 270 g/mol. The zero-order valence-electron chi connectivity index (χ0n) is 12.1. The van der Waals surface area contributed by atoms with Crippen molar-refractivity contribution in [2.24, 2.45) is 11.8 Å². The molecule has 1 rings (SSSR count). The smallest absolute Gasteiger partial charge is 0.306 e. The van der Waals surface area contributed by atoms with E-state index in [4.69, 9.17) is 9.84 Å². The molecular weight excluding hydrogens is 244 g/mol. The number of carboxylic acid groups (broad SMARTS) is 1. The molecule has 0 radical (unpaired) electrons. The Labute approximate surface area is 115 Å². The third-order valence-corrected chi connectivity index (χ3v) is 3.78. The van der Waals surface area contributed by atoms with Gasteiger partial charge in [0.25, 0.3) is 0 Å². The van der Waals surface area contributed by atoms with E-state index in [1.807, 2.05) is 0 Å². The molecule has 19 heavy (non-hydrogen) atoms. The number of carbonyl (C=O) groups is 2. The molecule has 1 aliphatic rings. The van der Waals surface area contributed by atoms with Crippen LogP contribution in [-0.4, -0.2) is 23.1 Å². The summed E-state index contributed by atoms with van der Waals surface area (Å²) in [5.41, 5.74) is 0. The molecule has 0 aromatic heterocycles. The van der Waals surface area contributed by atoms with Gasteiger partial charge in [-0.25, -0.2) is 0 Å². The predicted molar refractivity (Wildman–Crippen MR) is 72.8 cm³/mol. The fourth-order valence-corrected chi connectivity index (χ4v) is 2.64. The number of ether oxygens (including phenoxy) is 1. The molecule has 0 saturated heterocycles. The molecule has 1 N–H and O–H groups in total. The van der Waals surface area contributed by atoms with Crippen molar-refractivity contribution in [2.45, 2.75) is 71.3 Å². The average Bonchev–Trinajstić information content (AvgIpc) is 2.35. The van der Waals surface area contributed by atoms with Gasteiger partial charge in [-0.3, -0.25) is 9.59 Å². The van der Waals surface area contributed by atoms with Gasteiger partial charge in [0.1, 0.15) is 6.10 Å². The summed E-state index contributed by atoms with van der Waals surface area (Å²) in [6, 6.07) is 0. The van der Waals surface area contributed by atoms with E-state index in [0.717, 1.165) is 32.1 Å². The Morgan fingerprint density at radius 3 is 2.53 bits per heavy atom. The van der Waals surface area contributed by atoms with Crippen LogP contribution in [0.2, 0.25) is 0 Å². The van der Waals surface area contributed by atoms with Crippen molar-refractivity contribution >= 4 is 11.9 Å². The zero-order chi connectivity index (χ0) is 14.3. The highest BCUT2D eigenvalue weighted by atomic mass is 16.5. The fraction of sp³-hybridized carbons (Fsp3) is 0.867. The number of aliphatic carboxylic acids is 1. The molecule has 0 amide bonds. The van der Waals surface area contributed by atoms with Crippen molar-refractivity contribution in [3.8, 4) is 0 Å². The molecule has 0 spiro atoms. The first kappa shape index (κ1) is 16.0. The Kier molecular flexibility index (Phi) is 6.89. The van der Waals surface area contributed by atoms with Crippen molar-refractivity contribution in [3.63, 3.8) is 0 Å². The van der Waals surface area contributed by atoms with Crippen LogP contribution >= 0.6 is 0 Å². The summed E-state index contributed by atoms with van der Waals surface area (Å²) in [5.74, 6) is -0.170. The maximum Gasteiger partial charge on any atom is 0.306 e. The molecule has 1 aliphatic carbocycles. The molecule has 2 unspecified atom stereocenters. The Bertz CT molecular complexity index is 299. The van der Waals surface area contributed by atoms with Gasteiger partial charge in [-0.2, -0.15) is 0 Å². The normalized spacial score (nSPS) is 23.3. The lowest BCUT2D eigenvalue weighted by molar-refractivity contribution is -0.156. The highest BCUT2D eigenvalue weighted by molar-refractivity contribution is 5.76. The molecular formula is C15H26O4. The number of carbonyl (C=O) groups excluding carboxylic acids is 1. The number of hydrogen-bond acceptors (Lipinski definition) is 3. The highest BCUT2D eigenvalue weighted by Gasteiger charge is 2.28. The van der Waals surface area contributed by atoms with Crippen molar-refractivity contribution in [1.29, 1.82) is 0 Å². The third-order valence-electron chi connectivity index (χ3n) is 3.78. The second-order valence-corrected chi connectivity index (χ2v) is 5.94. The summed E-state index contributed by atoms with van der Waals surface area (Å²) in [5, 5.41) is 8.56. The van der Waals surface area contributed by atoms with Crippen LogP contribution in [0.4, 0.5) is 0 Å². The van der Waals surface area contributed by atoms with Gasteiger partial charge < -0.3 is 9.84 Å².